The van der Waals surface area contributed by atoms with Crippen LogP contribution in [0, 0.1) is 0 Å². The van der Waals surface area contributed by atoms with Crippen LogP contribution in [0.1, 0.15) is 30.0 Å². The van der Waals surface area contributed by atoms with Crippen molar-refractivity contribution in [2.45, 2.75) is 31.6 Å². The largest absolute Gasteiger partial charge is 0.480 e. The van der Waals surface area contributed by atoms with Gasteiger partial charge >= 0.3 is 5.97 Å². The number of hydrogen-bond acceptors (Lipinski definition) is 4. The van der Waals surface area contributed by atoms with Crippen molar-refractivity contribution in [1.82, 2.24) is 5.32 Å². The standard InChI is InChI=1S/C15H21NO4/c1-19-10-11-4-2-5-12(8-11)14(15(17)18)16-9-13-6-3-7-20-13/h2,4-5,8,13-14,16H,3,6-7,9-10H2,1H3,(H,17,18). The molecule has 1 fully saturated rings. The van der Waals surface area contributed by atoms with Crippen LogP contribution >= 0.6 is 0 Å². The van der Waals surface area contributed by atoms with Gasteiger partial charge in [-0.2, -0.15) is 0 Å². The number of nitrogens with one attached hydrogen (secondary N) is 1. The topological polar surface area (TPSA) is 67.8 Å². The van der Waals surface area contributed by atoms with Gasteiger partial charge in [-0.3, -0.25) is 10.1 Å². The second-order valence-corrected chi connectivity index (χ2v) is 4.99. The van der Waals surface area contributed by atoms with E-state index in [-0.39, 0.29) is 6.10 Å². The summed E-state index contributed by atoms with van der Waals surface area (Å²) in [6.07, 6.45) is 2.16. The van der Waals surface area contributed by atoms with Crippen LogP contribution in [0.2, 0.25) is 0 Å². The Morgan fingerprint density at radius 3 is 3.10 bits per heavy atom. The van der Waals surface area contributed by atoms with Gasteiger partial charge in [0.15, 0.2) is 0 Å². The maximum atomic E-state index is 11.4. The summed E-state index contributed by atoms with van der Waals surface area (Å²) in [5, 5.41) is 12.5. The summed E-state index contributed by atoms with van der Waals surface area (Å²) in [5.41, 5.74) is 1.71. The van der Waals surface area contributed by atoms with Gasteiger partial charge in [-0.1, -0.05) is 24.3 Å². The van der Waals surface area contributed by atoms with Gasteiger partial charge < -0.3 is 14.6 Å². The van der Waals surface area contributed by atoms with Gasteiger partial charge in [-0.25, -0.2) is 0 Å². The van der Waals surface area contributed by atoms with E-state index in [0.29, 0.717) is 13.2 Å². The van der Waals surface area contributed by atoms with Crippen LogP contribution in [0.5, 0.6) is 0 Å². The zero-order valence-electron chi connectivity index (χ0n) is 11.7. The molecule has 0 amide bonds. The predicted octanol–water partition coefficient (Wildman–Crippen LogP) is 1.73. The van der Waals surface area contributed by atoms with E-state index < -0.39 is 12.0 Å². The molecule has 2 N–H and O–H groups in total. The Balaban J connectivity index is 2.03. The van der Waals surface area contributed by atoms with Crippen LogP contribution in [-0.4, -0.2) is 37.4 Å². The maximum absolute atomic E-state index is 11.4. The lowest BCUT2D eigenvalue weighted by molar-refractivity contribution is -0.139. The van der Waals surface area contributed by atoms with Crippen molar-refractivity contribution in [1.29, 1.82) is 0 Å². The minimum absolute atomic E-state index is 0.124. The highest BCUT2D eigenvalue weighted by Crippen LogP contribution is 2.17. The van der Waals surface area contributed by atoms with E-state index in [1.807, 2.05) is 24.3 Å². The van der Waals surface area contributed by atoms with Gasteiger partial charge in [-0.05, 0) is 24.0 Å². The number of aliphatic carboxylic acids is 1. The lowest BCUT2D eigenvalue weighted by Crippen LogP contribution is -2.34. The fraction of sp³-hybridized carbons (Fsp3) is 0.533. The molecule has 1 aliphatic heterocycles. The molecule has 2 atom stereocenters. The molecule has 1 saturated heterocycles. The number of methoxy groups -OCH3 is 1. The fourth-order valence-corrected chi connectivity index (χ4v) is 2.43. The molecule has 0 radical (unpaired) electrons. The predicted molar refractivity (Wildman–Crippen MR) is 74.5 cm³/mol. The summed E-state index contributed by atoms with van der Waals surface area (Å²) in [5.74, 6) is -0.877. The molecule has 0 saturated carbocycles. The van der Waals surface area contributed by atoms with Gasteiger partial charge in [-0.15, -0.1) is 0 Å². The monoisotopic (exact) mass is 279 g/mol. The van der Waals surface area contributed by atoms with E-state index in [1.54, 1.807) is 7.11 Å². The van der Waals surface area contributed by atoms with E-state index >= 15 is 0 Å². The Labute approximate surface area is 118 Å². The number of benzene rings is 1. The van der Waals surface area contributed by atoms with Crippen LogP contribution < -0.4 is 5.32 Å². The zero-order chi connectivity index (χ0) is 14.4. The molecule has 5 heteroatoms. The molecule has 0 aromatic heterocycles. The number of hydrogen-bond donors (Lipinski definition) is 2. The fourth-order valence-electron chi connectivity index (χ4n) is 2.43. The highest BCUT2D eigenvalue weighted by Gasteiger charge is 2.22. The van der Waals surface area contributed by atoms with Crippen molar-refractivity contribution in [3.05, 3.63) is 35.4 Å². The first-order chi connectivity index (χ1) is 9.70. The molecular weight excluding hydrogens is 258 g/mol. The Morgan fingerprint density at radius 2 is 2.45 bits per heavy atom. The summed E-state index contributed by atoms with van der Waals surface area (Å²) in [7, 11) is 1.62. The van der Waals surface area contributed by atoms with Crippen LogP contribution in [-0.2, 0) is 20.9 Å². The number of carbonyl (C=O) groups is 1. The molecule has 2 unspecified atom stereocenters. The number of carboxylic acids is 1. The minimum Gasteiger partial charge on any atom is -0.480 e. The molecule has 5 nitrogen and oxygen atoms in total. The van der Waals surface area contributed by atoms with Crippen molar-refractivity contribution >= 4 is 5.97 Å². The van der Waals surface area contributed by atoms with Crippen molar-refractivity contribution in [3.63, 3.8) is 0 Å². The number of rotatable bonds is 7. The Bertz CT molecular complexity index is 443. The summed E-state index contributed by atoms with van der Waals surface area (Å²) in [6.45, 7) is 1.81. The first-order valence-corrected chi connectivity index (χ1v) is 6.86. The minimum atomic E-state index is -0.877. The Kier molecular flexibility index (Phi) is 5.52. The van der Waals surface area contributed by atoms with Crippen molar-refractivity contribution < 1.29 is 19.4 Å². The molecule has 0 bridgehead atoms. The zero-order valence-corrected chi connectivity index (χ0v) is 11.7. The molecule has 20 heavy (non-hydrogen) atoms. The second-order valence-electron chi connectivity index (χ2n) is 4.99. The van der Waals surface area contributed by atoms with Crippen molar-refractivity contribution in [2.75, 3.05) is 20.3 Å². The average Bonchev–Trinajstić information content (AvgIpc) is 2.93. The van der Waals surface area contributed by atoms with Crippen LogP contribution in [0.15, 0.2) is 24.3 Å². The lowest BCUT2D eigenvalue weighted by atomic mass is 10.0. The third kappa shape index (κ3) is 4.03. The molecular formula is C15H21NO4. The first kappa shape index (κ1) is 15.0. The molecule has 1 heterocycles. The summed E-state index contributed by atoms with van der Waals surface area (Å²) >= 11 is 0. The van der Waals surface area contributed by atoms with Crippen molar-refractivity contribution in [2.24, 2.45) is 0 Å². The second kappa shape index (κ2) is 7.38. The lowest BCUT2D eigenvalue weighted by Gasteiger charge is -2.18. The normalized spacial score (nSPS) is 19.9. The van der Waals surface area contributed by atoms with Gasteiger partial charge in [0.25, 0.3) is 0 Å². The van der Waals surface area contributed by atoms with E-state index in [0.717, 1.165) is 30.6 Å². The third-order valence-electron chi connectivity index (χ3n) is 3.42. The van der Waals surface area contributed by atoms with Crippen molar-refractivity contribution in [3.8, 4) is 0 Å². The molecule has 1 aliphatic rings. The maximum Gasteiger partial charge on any atom is 0.325 e. The van der Waals surface area contributed by atoms with Gasteiger partial charge in [0, 0.05) is 20.3 Å². The summed E-state index contributed by atoms with van der Waals surface area (Å²) in [6, 6.07) is 6.75. The van der Waals surface area contributed by atoms with Gasteiger partial charge in [0.1, 0.15) is 6.04 Å². The van der Waals surface area contributed by atoms with E-state index in [2.05, 4.69) is 5.32 Å². The highest BCUT2D eigenvalue weighted by molar-refractivity contribution is 5.75. The van der Waals surface area contributed by atoms with Crippen LogP contribution in [0.4, 0.5) is 0 Å². The quantitative estimate of drug-likeness (QED) is 0.795. The summed E-state index contributed by atoms with van der Waals surface area (Å²) in [4.78, 5) is 11.4. The van der Waals surface area contributed by atoms with E-state index in [9.17, 15) is 9.90 Å². The number of carboxylic acid groups (broad SMARTS) is 1. The van der Waals surface area contributed by atoms with Crippen LogP contribution in [0.25, 0.3) is 0 Å². The van der Waals surface area contributed by atoms with Gasteiger partial charge in [0.05, 0.1) is 12.7 Å². The molecule has 0 aliphatic carbocycles. The van der Waals surface area contributed by atoms with E-state index in [4.69, 9.17) is 9.47 Å². The average molecular weight is 279 g/mol. The Morgan fingerprint density at radius 1 is 1.60 bits per heavy atom. The Hall–Kier alpha value is -1.43. The molecule has 2 rings (SSSR count). The third-order valence-corrected chi connectivity index (χ3v) is 3.42. The van der Waals surface area contributed by atoms with Crippen LogP contribution in [0.3, 0.4) is 0 Å². The van der Waals surface area contributed by atoms with Gasteiger partial charge in [0.2, 0.25) is 0 Å². The first-order valence-electron chi connectivity index (χ1n) is 6.86. The summed E-state index contributed by atoms with van der Waals surface area (Å²) < 4.78 is 10.6. The molecule has 1 aromatic carbocycles. The molecule has 0 spiro atoms. The smallest absolute Gasteiger partial charge is 0.325 e. The SMILES string of the molecule is COCc1cccc(C(NCC2CCCO2)C(=O)O)c1. The molecule has 1 aromatic rings. The molecule has 110 valence electrons. The number of ether oxygens (including phenoxy) is 2. The highest BCUT2D eigenvalue weighted by atomic mass is 16.5. The van der Waals surface area contributed by atoms with E-state index in [1.165, 1.54) is 0 Å².